The molecular formula is C46H66N10O10. The van der Waals surface area contributed by atoms with Gasteiger partial charge in [0, 0.05) is 32.5 Å². The molecule has 14 N–H and O–H groups in total. The lowest BCUT2D eigenvalue weighted by Crippen LogP contribution is -2.59. The summed E-state index contributed by atoms with van der Waals surface area (Å²) >= 11 is 0. The van der Waals surface area contributed by atoms with E-state index in [0.717, 1.165) is 10.8 Å². The van der Waals surface area contributed by atoms with E-state index >= 15 is 0 Å². The Morgan fingerprint density at radius 3 is 1.94 bits per heavy atom. The van der Waals surface area contributed by atoms with Gasteiger partial charge in [0.05, 0.1) is 6.04 Å². The first-order valence-corrected chi connectivity index (χ1v) is 22.0. The molecule has 0 heterocycles. The van der Waals surface area contributed by atoms with Gasteiger partial charge >= 0.3 is 11.9 Å². The number of unbranched alkanes of at least 4 members (excludes halogenated alkanes) is 1. The molecule has 3 aromatic carbocycles. The SMILES string of the molecule is CC(C)NCCCC[C@@H](C(=O)N[C@H](CCCN=C(N)N)C(=O)N[C@@H](Cc1ccc2ccccc2c1)C(=O)N[C@H](C)C(=O)N[C@H](CCC(=O)O)C(=O)O)N(C)C(=O)[C@@H](N)Cc1ccc(O)cc1. The number of aromatic hydroxyl groups is 1. The molecule has 6 atom stereocenters. The van der Waals surface area contributed by atoms with Crippen LogP contribution in [-0.4, -0.2) is 130 Å². The fourth-order valence-corrected chi connectivity index (χ4v) is 7.07. The number of carboxylic acids is 2. The maximum absolute atomic E-state index is 14.4. The van der Waals surface area contributed by atoms with Crippen LogP contribution in [0.4, 0.5) is 0 Å². The highest BCUT2D eigenvalue weighted by Gasteiger charge is 2.34. The molecule has 0 unspecified atom stereocenters. The minimum Gasteiger partial charge on any atom is -0.508 e. The van der Waals surface area contributed by atoms with Gasteiger partial charge in [-0.2, -0.15) is 0 Å². The summed E-state index contributed by atoms with van der Waals surface area (Å²) in [6, 6.07) is 11.8. The first-order chi connectivity index (χ1) is 31.2. The zero-order valence-corrected chi connectivity index (χ0v) is 38.0. The van der Waals surface area contributed by atoms with Gasteiger partial charge in [0.1, 0.15) is 36.0 Å². The summed E-state index contributed by atoms with van der Waals surface area (Å²) in [5, 5.41) is 43.8. The predicted molar refractivity (Wildman–Crippen MR) is 249 cm³/mol. The largest absolute Gasteiger partial charge is 0.508 e. The number of phenols is 1. The number of benzene rings is 3. The lowest BCUT2D eigenvalue weighted by molar-refractivity contribution is -0.143. The zero-order chi connectivity index (χ0) is 48.9. The van der Waals surface area contributed by atoms with Crippen LogP contribution in [0, 0.1) is 0 Å². The molecule has 3 aromatic rings. The summed E-state index contributed by atoms with van der Waals surface area (Å²) in [5.74, 6) is -6.53. The second kappa shape index (κ2) is 26.9. The van der Waals surface area contributed by atoms with E-state index in [1.165, 1.54) is 31.0 Å². The summed E-state index contributed by atoms with van der Waals surface area (Å²) in [7, 11) is 1.47. The Kier molecular flexibility index (Phi) is 21.8. The van der Waals surface area contributed by atoms with Crippen molar-refractivity contribution in [1.29, 1.82) is 0 Å². The van der Waals surface area contributed by atoms with Crippen LogP contribution in [-0.2, 0) is 46.4 Å². The molecular weight excluding hydrogens is 853 g/mol. The molecule has 0 fully saturated rings. The number of carboxylic acid groups (broad SMARTS) is 2. The molecule has 0 bridgehead atoms. The molecule has 0 saturated heterocycles. The summed E-state index contributed by atoms with van der Waals surface area (Å²) < 4.78 is 0. The zero-order valence-electron chi connectivity index (χ0n) is 38.0. The van der Waals surface area contributed by atoms with Gasteiger partial charge in [0.25, 0.3) is 0 Å². The van der Waals surface area contributed by atoms with E-state index in [0.29, 0.717) is 30.5 Å². The number of hydrogen-bond donors (Lipinski definition) is 11. The molecule has 0 aliphatic heterocycles. The third kappa shape index (κ3) is 18.4. The van der Waals surface area contributed by atoms with Gasteiger partial charge in [0.15, 0.2) is 5.96 Å². The first-order valence-electron chi connectivity index (χ1n) is 22.0. The summed E-state index contributed by atoms with van der Waals surface area (Å²) in [6.45, 7) is 6.07. The van der Waals surface area contributed by atoms with Gasteiger partial charge in [-0.25, -0.2) is 4.79 Å². The van der Waals surface area contributed by atoms with Crippen molar-refractivity contribution in [3.63, 3.8) is 0 Å². The fourth-order valence-electron chi connectivity index (χ4n) is 7.07. The molecule has 66 heavy (non-hydrogen) atoms. The van der Waals surface area contributed by atoms with Gasteiger partial charge < -0.3 is 64.0 Å². The van der Waals surface area contributed by atoms with Crippen LogP contribution in [0.5, 0.6) is 5.75 Å². The van der Waals surface area contributed by atoms with Gasteiger partial charge in [-0.1, -0.05) is 68.4 Å². The molecule has 0 radical (unpaired) electrons. The molecule has 5 amide bonds. The minimum absolute atomic E-state index is 0.00650. The van der Waals surface area contributed by atoms with Gasteiger partial charge in [-0.05, 0) is 92.4 Å². The summed E-state index contributed by atoms with van der Waals surface area (Å²) in [6.07, 6.45) is 0.730. The predicted octanol–water partition coefficient (Wildman–Crippen LogP) is 0.615. The molecule has 0 aliphatic rings. The number of nitrogens with two attached hydrogens (primary N) is 3. The Balaban J connectivity index is 1.94. The van der Waals surface area contributed by atoms with Crippen molar-refractivity contribution in [2.45, 2.75) is 121 Å². The van der Waals surface area contributed by atoms with Crippen LogP contribution in [0.25, 0.3) is 10.8 Å². The third-order valence-corrected chi connectivity index (χ3v) is 10.8. The van der Waals surface area contributed by atoms with E-state index in [4.69, 9.17) is 22.3 Å². The van der Waals surface area contributed by atoms with E-state index in [-0.39, 0.29) is 56.4 Å². The van der Waals surface area contributed by atoms with Crippen LogP contribution in [0.15, 0.2) is 71.7 Å². The number of phenolic OH excluding ortho intramolecular Hbond substituents is 1. The Labute approximate surface area is 384 Å². The normalized spacial score (nSPS) is 13.8. The van der Waals surface area contributed by atoms with Crippen LogP contribution < -0.4 is 43.8 Å². The average Bonchev–Trinajstić information content (AvgIpc) is 3.26. The molecule has 0 aliphatic carbocycles. The topological polar surface area (TPSA) is 334 Å². The summed E-state index contributed by atoms with van der Waals surface area (Å²) in [4.78, 5) is 97.9. The van der Waals surface area contributed by atoms with E-state index in [1.807, 2.05) is 50.2 Å². The smallest absolute Gasteiger partial charge is 0.326 e. The van der Waals surface area contributed by atoms with E-state index in [9.17, 15) is 43.8 Å². The molecule has 360 valence electrons. The molecule has 0 aromatic heterocycles. The lowest BCUT2D eigenvalue weighted by atomic mass is 10.00. The fraction of sp³-hybridized carbons (Fsp3) is 0.478. The Hall–Kier alpha value is -6.80. The van der Waals surface area contributed by atoms with Crippen LogP contribution in [0.3, 0.4) is 0 Å². The maximum Gasteiger partial charge on any atom is 0.326 e. The quantitative estimate of drug-likeness (QED) is 0.0270. The minimum atomic E-state index is -1.55. The molecule has 3 rings (SSSR count). The van der Waals surface area contributed by atoms with E-state index in [1.54, 1.807) is 18.2 Å². The summed E-state index contributed by atoms with van der Waals surface area (Å²) in [5.41, 5.74) is 18.8. The second-order valence-corrected chi connectivity index (χ2v) is 16.6. The number of guanidine groups is 1. The number of fused-ring (bicyclic) bond motifs is 1. The molecule has 0 spiro atoms. The first kappa shape index (κ1) is 53.5. The van der Waals surface area contributed by atoms with Gasteiger partial charge in [-0.15, -0.1) is 0 Å². The number of amides is 5. The number of carbonyl (C=O) groups excluding carboxylic acids is 5. The number of rotatable bonds is 28. The second-order valence-electron chi connectivity index (χ2n) is 16.6. The average molecular weight is 919 g/mol. The van der Waals surface area contributed by atoms with Crippen molar-refractivity contribution in [3.05, 3.63) is 77.9 Å². The van der Waals surface area contributed by atoms with Crippen LogP contribution >= 0.6 is 0 Å². The third-order valence-electron chi connectivity index (χ3n) is 10.8. The molecule has 20 heteroatoms. The maximum atomic E-state index is 14.4. The number of hydrogen-bond acceptors (Lipinski definition) is 11. The number of aliphatic imine (C=N–C) groups is 1. The van der Waals surface area contributed by atoms with Crippen LogP contribution in [0.1, 0.15) is 76.8 Å². The van der Waals surface area contributed by atoms with E-state index in [2.05, 4.69) is 31.6 Å². The van der Waals surface area contributed by atoms with Crippen molar-refractivity contribution in [2.75, 3.05) is 20.1 Å². The monoisotopic (exact) mass is 918 g/mol. The Morgan fingerprint density at radius 1 is 0.682 bits per heavy atom. The number of nitrogens with zero attached hydrogens (tertiary/aromatic N) is 2. The van der Waals surface area contributed by atoms with Crippen LogP contribution in [0.2, 0.25) is 0 Å². The lowest BCUT2D eigenvalue weighted by Gasteiger charge is -2.31. The van der Waals surface area contributed by atoms with E-state index < -0.39 is 90.6 Å². The molecule has 20 nitrogen and oxygen atoms in total. The van der Waals surface area contributed by atoms with Crippen molar-refractivity contribution in [2.24, 2.45) is 22.2 Å². The Morgan fingerprint density at radius 2 is 1.30 bits per heavy atom. The standard InChI is InChI=1S/C46H66N10O10/c1-27(2)50-22-8-7-13-38(56(4)44(64)34(47)25-29-15-18-33(57)19-16-29)43(63)53-35(12-9-23-51-46(48)49)41(61)55-37(26-30-14-17-31-10-5-6-11-32(31)24-30)42(62)52-28(3)40(60)54-36(45(65)66)20-21-39(58)59/h5-6,10-11,14-19,24,27-28,34-38,50,57H,7-9,12-13,20-23,25-26,47H2,1-4H3,(H,52,62)(H,53,63)(H,54,60)(H,55,61)(H,58,59)(H,65,66)(H4,48,49,51)/t28-,34+,35-,36-,37+,38+/m1/s1. The number of carbonyl (C=O) groups is 7. The number of aliphatic carboxylic acids is 2. The number of likely N-dealkylation sites (N-methyl/N-ethyl adjacent to an activating group) is 1. The number of nitrogens with one attached hydrogen (secondary N) is 5. The van der Waals surface area contributed by atoms with Crippen molar-refractivity contribution in [1.82, 2.24) is 31.5 Å². The highest BCUT2D eigenvalue weighted by molar-refractivity contribution is 5.96. The van der Waals surface area contributed by atoms with Crippen molar-refractivity contribution >= 4 is 58.2 Å². The van der Waals surface area contributed by atoms with Crippen molar-refractivity contribution < 1.29 is 48.9 Å². The van der Waals surface area contributed by atoms with Gasteiger partial charge in [0.2, 0.25) is 29.5 Å². The Bertz CT molecular complexity index is 2150. The van der Waals surface area contributed by atoms with Crippen molar-refractivity contribution in [3.8, 4) is 5.75 Å². The highest BCUT2D eigenvalue weighted by Crippen LogP contribution is 2.18. The highest BCUT2D eigenvalue weighted by atomic mass is 16.4. The molecule has 0 saturated carbocycles. The van der Waals surface area contributed by atoms with Gasteiger partial charge in [-0.3, -0.25) is 33.8 Å².